The third-order valence-corrected chi connectivity index (χ3v) is 3.70. The first-order valence-corrected chi connectivity index (χ1v) is 6.59. The second kappa shape index (κ2) is 4.57. The van der Waals surface area contributed by atoms with Crippen LogP contribution in [0.1, 0.15) is 11.1 Å². The predicted octanol–water partition coefficient (Wildman–Crippen LogP) is 2.53. The molecule has 2 aromatic rings. The molecule has 0 radical (unpaired) electrons. The molecule has 0 spiro atoms. The fourth-order valence-electron chi connectivity index (χ4n) is 2.32. The molecule has 0 fully saturated rings. The number of nitrogens with zero attached hydrogens (tertiary/aromatic N) is 1. The van der Waals surface area contributed by atoms with Gasteiger partial charge in [-0.15, -0.1) is 0 Å². The van der Waals surface area contributed by atoms with Gasteiger partial charge in [-0.1, -0.05) is 22.0 Å². The van der Waals surface area contributed by atoms with Gasteiger partial charge in [0.2, 0.25) is 11.9 Å². The van der Waals surface area contributed by atoms with Crippen molar-refractivity contribution in [3.8, 4) is 0 Å². The molecule has 1 atom stereocenters. The zero-order chi connectivity index (χ0) is 12.5. The summed E-state index contributed by atoms with van der Waals surface area (Å²) in [5.74, 6) is 0.536. The highest BCUT2D eigenvalue weighted by Crippen LogP contribution is 2.29. The van der Waals surface area contributed by atoms with Crippen molar-refractivity contribution in [2.75, 3.05) is 5.32 Å². The molecule has 92 valence electrons. The summed E-state index contributed by atoms with van der Waals surface area (Å²) >= 11 is 3.45. The van der Waals surface area contributed by atoms with E-state index in [9.17, 15) is 4.79 Å². The van der Waals surface area contributed by atoms with E-state index in [-0.39, 0.29) is 11.8 Å². The number of imidazole rings is 1. The van der Waals surface area contributed by atoms with Crippen LogP contribution in [0.5, 0.6) is 0 Å². The standard InChI is InChI=1S/C13H12BrN3O/c14-11-2-1-8-5-10(6-9(8)7-11)12(18)17-13-15-3-4-16-13/h1-4,7,10H,5-6H2,(H2,15,16,17,18). The maximum absolute atomic E-state index is 12.1. The quantitative estimate of drug-likeness (QED) is 0.896. The number of hydrogen-bond donors (Lipinski definition) is 2. The molecular weight excluding hydrogens is 294 g/mol. The van der Waals surface area contributed by atoms with Crippen molar-refractivity contribution in [1.82, 2.24) is 9.97 Å². The first kappa shape index (κ1) is 11.5. The Labute approximate surface area is 113 Å². The molecule has 1 amide bonds. The molecular formula is C13H12BrN3O. The molecule has 1 aromatic heterocycles. The SMILES string of the molecule is O=C(Nc1ncc[nH]1)C1Cc2ccc(Br)cc2C1. The molecule has 4 nitrogen and oxygen atoms in total. The smallest absolute Gasteiger partial charge is 0.230 e. The van der Waals surface area contributed by atoms with Gasteiger partial charge < -0.3 is 4.98 Å². The van der Waals surface area contributed by atoms with Crippen molar-refractivity contribution in [1.29, 1.82) is 0 Å². The molecule has 5 heteroatoms. The van der Waals surface area contributed by atoms with Crippen molar-refractivity contribution in [2.24, 2.45) is 5.92 Å². The predicted molar refractivity (Wildman–Crippen MR) is 72.3 cm³/mol. The van der Waals surface area contributed by atoms with Crippen LogP contribution in [0.25, 0.3) is 0 Å². The summed E-state index contributed by atoms with van der Waals surface area (Å²) in [6.07, 6.45) is 4.91. The second-order valence-corrected chi connectivity index (χ2v) is 5.36. The van der Waals surface area contributed by atoms with Crippen LogP contribution in [0, 0.1) is 5.92 Å². The zero-order valence-electron chi connectivity index (χ0n) is 9.61. The molecule has 0 bridgehead atoms. The van der Waals surface area contributed by atoms with Gasteiger partial charge in [-0.25, -0.2) is 4.98 Å². The monoisotopic (exact) mass is 305 g/mol. The number of carbonyl (C=O) groups is 1. The molecule has 1 unspecified atom stereocenters. The Kier molecular flexibility index (Phi) is 2.91. The van der Waals surface area contributed by atoms with Gasteiger partial charge in [0.25, 0.3) is 0 Å². The van der Waals surface area contributed by atoms with Crippen LogP contribution in [0.4, 0.5) is 5.95 Å². The number of aromatic nitrogens is 2. The van der Waals surface area contributed by atoms with Gasteiger partial charge in [-0.2, -0.15) is 0 Å². The largest absolute Gasteiger partial charge is 0.331 e. The number of anilines is 1. The molecule has 3 rings (SSSR count). The van der Waals surface area contributed by atoms with Crippen LogP contribution in [-0.4, -0.2) is 15.9 Å². The summed E-state index contributed by atoms with van der Waals surface area (Å²) in [6.45, 7) is 0. The molecule has 1 aromatic carbocycles. The van der Waals surface area contributed by atoms with Gasteiger partial charge in [-0.05, 0) is 36.1 Å². The first-order valence-electron chi connectivity index (χ1n) is 5.80. The summed E-state index contributed by atoms with van der Waals surface area (Å²) < 4.78 is 1.06. The lowest BCUT2D eigenvalue weighted by atomic mass is 10.1. The lowest BCUT2D eigenvalue weighted by molar-refractivity contribution is -0.119. The first-order chi connectivity index (χ1) is 8.72. The molecule has 1 aliphatic carbocycles. The number of nitrogens with one attached hydrogen (secondary N) is 2. The second-order valence-electron chi connectivity index (χ2n) is 4.45. The number of H-pyrrole nitrogens is 1. The molecule has 2 N–H and O–H groups in total. The van der Waals surface area contributed by atoms with Crippen LogP contribution >= 0.6 is 15.9 Å². The summed E-state index contributed by atoms with van der Waals surface area (Å²) in [7, 11) is 0. The number of hydrogen-bond acceptors (Lipinski definition) is 2. The van der Waals surface area contributed by atoms with Crippen LogP contribution < -0.4 is 5.32 Å². The van der Waals surface area contributed by atoms with Gasteiger partial charge in [0.15, 0.2) is 0 Å². The maximum atomic E-state index is 12.1. The minimum Gasteiger partial charge on any atom is -0.331 e. The topological polar surface area (TPSA) is 57.8 Å². The summed E-state index contributed by atoms with van der Waals surface area (Å²) in [5.41, 5.74) is 2.52. The highest BCUT2D eigenvalue weighted by Gasteiger charge is 2.27. The van der Waals surface area contributed by atoms with E-state index in [0.29, 0.717) is 5.95 Å². The average molecular weight is 306 g/mol. The number of fused-ring (bicyclic) bond motifs is 1. The molecule has 0 aliphatic heterocycles. The lowest BCUT2D eigenvalue weighted by Crippen LogP contribution is -2.23. The minimum atomic E-state index is -0.000556. The number of aromatic amines is 1. The van der Waals surface area contributed by atoms with E-state index >= 15 is 0 Å². The van der Waals surface area contributed by atoms with Crippen LogP contribution in [0.3, 0.4) is 0 Å². The van der Waals surface area contributed by atoms with E-state index in [2.05, 4.69) is 43.3 Å². The van der Waals surface area contributed by atoms with Crippen molar-refractivity contribution in [3.05, 3.63) is 46.2 Å². The Morgan fingerprint density at radius 1 is 1.39 bits per heavy atom. The molecule has 0 saturated carbocycles. The number of benzene rings is 1. The lowest BCUT2D eigenvalue weighted by Gasteiger charge is -2.07. The Balaban J connectivity index is 1.72. The zero-order valence-corrected chi connectivity index (χ0v) is 11.2. The number of amides is 1. The highest BCUT2D eigenvalue weighted by molar-refractivity contribution is 9.10. The molecule has 1 heterocycles. The Morgan fingerprint density at radius 3 is 3.00 bits per heavy atom. The third kappa shape index (κ3) is 2.18. The van der Waals surface area contributed by atoms with Gasteiger partial charge in [0.1, 0.15) is 0 Å². The summed E-state index contributed by atoms with van der Waals surface area (Å²) in [5, 5.41) is 2.80. The van der Waals surface area contributed by atoms with E-state index in [1.54, 1.807) is 12.4 Å². The van der Waals surface area contributed by atoms with E-state index < -0.39 is 0 Å². The van der Waals surface area contributed by atoms with E-state index in [1.165, 1.54) is 11.1 Å². The fraction of sp³-hybridized carbons (Fsp3) is 0.231. The van der Waals surface area contributed by atoms with E-state index in [4.69, 9.17) is 0 Å². The van der Waals surface area contributed by atoms with Gasteiger partial charge >= 0.3 is 0 Å². The van der Waals surface area contributed by atoms with Crippen molar-refractivity contribution >= 4 is 27.8 Å². The third-order valence-electron chi connectivity index (χ3n) is 3.21. The molecule has 18 heavy (non-hydrogen) atoms. The Hall–Kier alpha value is -1.62. The normalized spacial score (nSPS) is 17.5. The highest BCUT2D eigenvalue weighted by atomic mass is 79.9. The Morgan fingerprint density at radius 2 is 2.22 bits per heavy atom. The van der Waals surface area contributed by atoms with Crippen molar-refractivity contribution in [3.63, 3.8) is 0 Å². The van der Waals surface area contributed by atoms with Crippen LogP contribution in [0.15, 0.2) is 35.1 Å². The van der Waals surface area contributed by atoms with Crippen molar-refractivity contribution < 1.29 is 4.79 Å². The number of carbonyl (C=O) groups excluding carboxylic acids is 1. The molecule has 0 saturated heterocycles. The number of rotatable bonds is 2. The summed E-state index contributed by atoms with van der Waals surface area (Å²) in [6, 6.07) is 6.20. The molecule has 1 aliphatic rings. The maximum Gasteiger partial charge on any atom is 0.230 e. The van der Waals surface area contributed by atoms with Crippen LogP contribution in [0.2, 0.25) is 0 Å². The summed E-state index contributed by atoms with van der Waals surface area (Å²) in [4.78, 5) is 19.0. The van der Waals surface area contributed by atoms with E-state index in [0.717, 1.165) is 17.3 Å². The van der Waals surface area contributed by atoms with Gasteiger partial charge in [0, 0.05) is 22.8 Å². The fourth-order valence-corrected chi connectivity index (χ4v) is 2.73. The van der Waals surface area contributed by atoms with Gasteiger partial charge in [-0.3, -0.25) is 10.1 Å². The minimum absolute atomic E-state index is 0.000556. The average Bonchev–Trinajstić information content (AvgIpc) is 2.96. The van der Waals surface area contributed by atoms with Crippen LogP contribution in [-0.2, 0) is 17.6 Å². The Bertz CT molecular complexity index is 580. The van der Waals surface area contributed by atoms with Crippen molar-refractivity contribution in [2.45, 2.75) is 12.8 Å². The number of halogens is 1. The van der Waals surface area contributed by atoms with E-state index in [1.807, 2.05) is 6.07 Å². The van der Waals surface area contributed by atoms with Gasteiger partial charge in [0.05, 0.1) is 0 Å².